The number of fused-ring (bicyclic) bond motifs is 2. The van der Waals surface area contributed by atoms with Gasteiger partial charge in [-0.3, -0.25) is 0 Å². The van der Waals surface area contributed by atoms with Crippen LogP contribution < -0.4 is 11.5 Å². The van der Waals surface area contributed by atoms with E-state index in [0.717, 1.165) is 53.8 Å². The number of hydrogen-bond acceptors (Lipinski definition) is 8. The van der Waals surface area contributed by atoms with E-state index in [4.69, 9.17) is 33.0 Å². The van der Waals surface area contributed by atoms with Gasteiger partial charge in [-0.25, -0.2) is 19.9 Å². The topological polar surface area (TPSA) is 106 Å². The van der Waals surface area contributed by atoms with Crippen molar-refractivity contribution < 1.29 is 0 Å². The molecule has 1 atom stereocenters. The van der Waals surface area contributed by atoms with Gasteiger partial charge in [-0.05, 0) is 41.9 Å². The summed E-state index contributed by atoms with van der Waals surface area (Å²) in [5.41, 5.74) is 16.3. The van der Waals surface area contributed by atoms with E-state index in [9.17, 15) is 0 Å². The fourth-order valence-corrected chi connectivity index (χ4v) is 6.34. The van der Waals surface area contributed by atoms with Crippen molar-refractivity contribution >= 4 is 40.8 Å². The van der Waals surface area contributed by atoms with E-state index in [2.05, 4.69) is 39.1 Å². The van der Waals surface area contributed by atoms with E-state index in [1.54, 1.807) is 18.5 Å². The van der Waals surface area contributed by atoms with Gasteiger partial charge in [-0.2, -0.15) is 0 Å². The van der Waals surface area contributed by atoms with Crippen molar-refractivity contribution in [1.29, 1.82) is 0 Å². The lowest BCUT2D eigenvalue weighted by Gasteiger charge is -2.43. The monoisotopic (exact) mass is 477 g/mol. The Labute approximate surface area is 201 Å². The Morgan fingerprint density at radius 2 is 1.94 bits per heavy atom. The highest BCUT2D eigenvalue weighted by molar-refractivity contribution is 7.99. The first kappa shape index (κ1) is 20.9. The molecule has 7 nitrogen and oxygen atoms in total. The summed E-state index contributed by atoms with van der Waals surface area (Å²) in [5, 5.41) is 1.31. The zero-order valence-electron chi connectivity index (χ0n) is 18.0. The van der Waals surface area contributed by atoms with Crippen LogP contribution in [0.25, 0.3) is 0 Å². The van der Waals surface area contributed by atoms with Crippen molar-refractivity contribution in [2.45, 2.75) is 41.6 Å². The van der Waals surface area contributed by atoms with Crippen LogP contribution in [0.4, 0.5) is 11.6 Å². The molecule has 0 bridgehead atoms. The Morgan fingerprint density at radius 3 is 2.76 bits per heavy atom. The molecular weight excluding hydrogens is 454 g/mol. The Kier molecular flexibility index (Phi) is 5.05. The average molecular weight is 478 g/mol. The van der Waals surface area contributed by atoms with Crippen molar-refractivity contribution in [3.05, 3.63) is 64.6 Å². The molecule has 9 heteroatoms. The molecule has 4 N–H and O–H groups in total. The largest absolute Gasteiger partial charge is 0.384 e. The third-order valence-electron chi connectivity index (χ3n) is 7.13. The number of nitrogens with two attached hydrogens (primary N) is 2. The van der Waals surface area contributed by atoms with E-state index in [1.807, 2.05) is 0 Å². The van der Waals surface area contributed by atoms with Gasteiger partial charge in [-0.15, -0.1) is 0 Å². The van der Waals surface area contributed by atoms with Crippen molar-refractivity contribution in [2.75, 3.05) is 18.8 Å². The van der Waals surface area contributed by atoms with Crippen LogP contribution in [0.5, 0.6) is 0 Å². The van der Waals surface area contributed by atoms with Gasteiger partial charge in [0.05, 0.1) is 23.3 Å². The van der Waals surface area contributed by atoms with Crippen LogP contribution in [0.3, 0.4) is 0 Å². The molecule has 2 aromatic heterocycles. The minimum absolute atomic E-state index is 0.121. The molecule has 1 aromatic carbocycles. The second kappa shape index (κ2) is 7.97. The highest BCUT2D eigenvalue weighted by atomic mass is 35.5. The number of nitrogen functional groups attached to an aromatic ring is 1. The summed E-state index contributed by atoms with van der Waals surface area (Å²) in [7, 11) is 0. The molecule has 3 aliphatic rings. The van der Waals surface area contributed by atoms with Gasteiger partial charge in [0.1, 0.15) is 16.7 Å². The minimum atomic E-state index is 0.121. The van der Waals surface area contributed by atoms with Crippen LogP contribution in [0, 0.1) is 5.41 Å². The number of aromatic nitrogens is 3. The maximum atomic E-state index is 6.73. The lowest BCUT2D eigenvalue weighted by Crippen LogP contribution is -2.46. The molecule has 0 saturated carbocycles. The highest BCUT2D eigenvalue weighted by Crippen LogP contribution is 2.50. The van der Waals surface area contributed by atoms with Crippen LogP contribution in [0.1, 0.15) is 35.7 Å². The zero-order chi connectivity index (χ0) is 22.6. The SMILES string of the molecule is Nc1cc(Sc2cnc3c(n2)CC(N2CCC4(CC2)Cc2ccccc2[C@H]4N)=N3)c(Cl)cn1. The maximum Gasteiger partial charge on any atom is 0.176 e. The van der Waals surface area contributed by atoms with Crippen LogP contribution in [0.15, 0.2) is 57.6 Å². The number of amidine groups is 1. The standard InChI is InChI=1S/C24H24ClN7S/c25-16-12-28-19(26)10-18(16)33-21-13-29-23-17(30-21)9-20(31-23)32-7-5-24(6-8-32)11-14-3-1-2-4-15(14)22(24)27/h1-4,10,12-13,22H,5-9,11,27H2,(H2,26,28)/t22-/m1/s1. The molecule has 2 aliphatic heterocycles. The van der Waals surface area contributed by atoms with E-state index < -0.39 is 0 Å². The maximum absolute atomic E-state index is 6.73. The zero-order valence-corrected chi connectivity index (χ0v) is 19.6. The Hall–Kier alpha value is -2.68. The number of rotatable bonds is 2. The molecule has 6 rings (SSSR count). The second-order valence-corrected chi connectivity index (χ2v) is 10.5. The van der Waals surface area contributed by atoms with Gasteiger partial charge >= 0.3 is 0 Å². The molecule has 0 radical (unpaired) electrons. The van der Waals surface area contributed by atoms with Gasteiger partial charge in [0.15, 0.2) is 5.82 Å². The van der Waals surface area contributed by atoms with Crippen LogP contribution in [-0.4, -0.2) is 38.8 Å². The van der Waals surface area contributed by atoms with E-state index in [0.29, 0.717) is 23.1 Å². The van der Waals surface area contributed by atoms with E-state index in [-0.39, 0.29) is 11.5 Å². The summed E-state index contributed by atoms with van der Waals surface area (Å²) in [6, 6.07) is 10.5. The molecule has 1 aliphatic carbocycles. The molecule has 0 amide bonds. The molecule has 3 aromatic rings. The normalized spacial score (nSPS) is 20.6. The summed E-state index contributed by atoms with van der Waals surface area (Å²) in [4.78, 5) is 21.4. The van der Waals surface area contributed by atoms with Gasteiger partial charge in [0.25, 0.3) is 0 Å². The number of nitrogens with zero attached hydrogens (tertiary/aromatic N) is 5. The fourth-order valence-electron chi connectivity index (χ4n) is 5.30. The predicted octanol–water partition coefficient (Wildman–Crippen LogP) is 4.18. The molecule has 1 fully saturated rings. The first-order valence-electron chi connectivity index (χ1n) is 11.1. The van der Waals surface area contributed by atoms with Crippen molar-refractivity contribution in [2.24, 2.45) is 16.1 Å². The van der Waals surface area contributed by atoms with Crippen LogP contribution in [0.2, 0.25) is 5.02 Å². The number of hydrogen-bond donors (Lipinski definition) is 2. The van der Waals surface area contributed by atoms with E-state index in [1.165, 1.54) is 22.9 Å². The van der Waals surface area contributed by atoms with Crippen molar-refractivity contribution in [3.8, 4) is 0 Å². The quantitative estimate of drug-likeness (QED) is 0.570. The molecule has 0 unspecified atom stereocenters. The molecule has 1 saturated heterocycles. The van der Waals surface area contributed by atoms with Crippen LogP contribution >= 0.6 is 23.4 Å². The third-order valence-corrected chi connectivity index (χ3v) is 8.51. The smallest absolute Gasteiger partial charge is 0.176 e. The summed E-state index contributed by atoms with van der Waals surface area (Å²) in [5.74, 6) is 2.19. The number of likely N-dealkylation sites (tertiary alicyclic amines) is 1. The van der Waals surface area contributed by atoms with Gasteiger partial charge in [0.2, 0.25) is 0 Å². The number of pyridine rings is 1. The number of aliphatic imine (C=N–C) groups is 1. The second-order valence-electron chi connectivity index (χ2n) is 9.03. The lowest BCUT2D eigenvalue weighted by atomic mass is 9.73. The Balaban J connectivity index is 1.13. The minimum Gasteiger partial charge on any atom is -0.384 e. The van der Waals surface area contributed by atoms with Crippen LogP contribution in [-0.2, 0) is 12.8 Å². The molecule has 4 heterocycles. The van der Waals surface area contributed by atoms with Gasteiger partial charge in [0, 0.05) is 30.2 Å². The molecule has 168 valence electrons. The highest BCUT2D eigenvalue weighted by Gasteiger charge is 2.46. The van der Waals surface area contributed by atoms with Crippen molar-refractivity contribution in [1.82, 2.24) is 19.9 Å². The van der Waals surface area contributed by atoms with Gasteiger partial charge in [-0.1, -0.05) is 47.6 Å². The Morgan fingerprint density at radius 1 is 1.12 bits per heavy atom. The Bertz CT molecular complexity index is 1270. The number of anilines is 1. The summed E-state index contributed by atoms with van der Waals surface area (Å²) >= 11 is 7.69. The number of halogens is 1. The van der Waals surface area contributed by atoms with Gasteiger partial charge < -0.3 is 16.4 Å². The molecular formula is C24H24ClN7S. The first-order chi connectivity index (χ1) is 16.0. The van der Waals surface area contributed by atoms with E-state index >= 15 is 0 Å². The lowest BCUT2D eigenvalue weighted by molar-refractivity contribution is 0.127. The molecule has 1 spiro atoms. The third kappa shape index (κ3) is 3.66. The molecule has 33 heavy (non-hydrogen) atoms. The summed E-state index contributed by atoms with van der Waals surface area (Å²) < 4.78 is 0. The van der Waals surface area contributed by atoms with Crippen molar-refractivity contribution in [3.63, 3.8) is 0 Å². The predicted molar refractivity (Wildman–Crippen MR) is 131 cm³/mol. The number of piperidine rings is 1. The first-order valence-corrected chi connectivity index (χ1v) is 12.3. The fraction of sp³-hybridized carbons (Fsp3) is 0.333. The summed E-state index contributed by atoms with van der Waals surface area (Å²) in [6.07, 6.45) is 7.21. The number of benzene rings is 1. The average Bonchev–Trinajstić information content (AvgIpc) is 3.36. The summed E-state index contributed by atoms with van der Waals surface area (Å²) in [6.45, 7) is 1.92.